The van der Waals surface area contributed by atoms with Crippen molar-refractivity contribution >= 4 is 11.6 Å². The number of rotatable bonds is 7. The highest BCUT2D eigenvalue weighted by molar-refractivity contribution is 5.96. The number of ether oxygens (including phenoxy) is 2. The van der Waals surface area contributed by atoms with E-state index in [0.29, 0.717) is 65.9 Å². The second-order valence-electron chi connectivity index (χ2n) is 7.67. The molecule has 0 saturated carbocycles. The van der Waals surface area contributed by atoms with Crippen molar-refractivity contribution in [2.24, 2.45) is 0 Å². The van der Waals surface area contributed by atoms with E-state index in [9.17, 15) is 4.79 Å². The van der Waals surface area contributed by atoms with Gasteiger partial charge in [0.1, 0.15) is 12.4 Å². The fraction of sp³-hybridized carbons (Fsp3) is 0.318. The van der Waals surface area contributed by atoms with Gasteiger partial charge >= 0.3 is 0 Å². The van der Waals surface area contributed by atoms with Gasteiger partial charge in [0.25, 0.3) is 11.8 Å². The van der Waals surface area contributed by atoms with E-state index in [1.807, 2.05) is 0 Å². The minimum atomic E-state index is -0.103. The van der Waals surface area contributed by atoms with Crippen LogP contribution < -0.4 is 9.47 Å². The zero-order valence-electron chi connectivity index (χ0n) is 18.6. The lowest BCUT2D eigenvalue weighted by Crippen LogP contribution is -2.38. The van der Waals surface area contributed by atoms with Crippen molar-refractivity contribution < 1.29 is 18.8 Å². The third kappa shape index (κ3) is 3.88. The molecule has 0 radical (unpaired) electrons. The summed E-state index contributed by atoms with van der Waals surface area (Å²) in [7, 11) is 1.51. The first kappa shape index (κ1) is 21.3. The zero-order valence-corrected chi connectivity index (χ0v) is 18.6. The van der Waals surface area contributed by atoms with Crippen LogP contribution in [0.2, 0.25) is 0 Å². The van der Waals surface area contributed by atoms with Crippen LogP contribution in [0.3, 0.4) is 0 Å². The number of hydrogen-bond acceptors (Lipinski definition) is 10. The molecular formula is C22H20N8O4. The highest BCUT2D eigenvalue weighted by atomic mass is 16.5. The van der Waals surface area contributed by atoms with Crippen molar-refractivity contribution in [3.05, 3.63) is 47.0 Å². The Labute approximate surface area is 193 Å². The van der Waals surface area contributed by atoms with Gasteiger partial charge in [0.05, 0.1) is 36.6 Å². The monoisotopic (exact) mass is 460 g/mol. The summed E-state index contributed by atoms with van der Waals surface area (Å²) >= 11 is 0. The third-order valence-corrected chi connectivity index (χ3v) is 5.42. The molecule has 0 bridgehead atoms. The molecule has 172 valence electrons. The summed E-state index contributed by atoms with van der Waals surface area (Å²) in [6.07, 6.45) is 0.930. The predicted molar refractivity (Wildman–Crippen MR) is 116 cm³/mol. The Morgan fingerprint density at radius 2 is 2.15 bits per heavy atom. The Morgan fingerprint density at radius 3 is 2.91 bits per heavy atom. The van der Waals surface area contributed by atoms with Crippen molar-refractivity contribution in [3.63, 3.8) is 0 Å². The number of carbonyl (C=O) groups is 1. The first-order valence-corrected chi connectivity index (χ1v) is 10.6. The molecule has 1 aliphatic rings. The Bertz CT molecular complexity index is 1420. The number of amides is 1. The summed E-state index contributed by atoms with van der Waals surface area (Å²) in [6, 6.07) is 8.98. The van der Waals surface area contributed by atoms with E-state index in [0.717, 1.165) is 5.69 Å². The molecule has 0 atom stereocenters. The molecule has 12 heteroatoms. The molecule has 1 aliphatic heterocycles. The fourth-order valence-corrected chi connectivity index (χ4v) is 3.74. The standard InChI is InChI=1S/C22H20N8O4/c1-13-10-17(28-34-13)20-26-25-19-11-18(32-2)21(27-30(19)20)33-12-14-4-5-15-16(24-14)6-9-29(22(15)31)8-3-7-23/h4-5,10-11H,3,6,8-9,12H2,1-2H3. The predicted octanol–water partition coefficient (Wildman–Crippen LogP) is 1.98. The number of hydrogen-bond donors (Lipinski definition) is 0. The Hall–Kier alpha value is -4.53. The van der Waals surface area contributed by atoms with Gasteiger partial charge in [-0.05, 0) is 19.1 Å². The summed E-state index contributed by atoms with van der Waals surface area (Å²) < 4.78 is 18.0. The molecule has 0 aromatic carbocycles. The Morgan fingerprint density at radius 1 is 1.26 bits per heavy atom. The lowest BCUT2D eigenvalue weighted by Gasteiger charge is -2.27. The summed E-state index contributed by atoms with van der Waals surface area (Å²) in [5.41, 5.74) is 2.89. The average molecular weight is 460 g/mol. The molecule has 0 spiro atoms. The topological polar surface area (TPSA) is 145 Å². The molecule has 5 rings (SSSR count). The molecule has 4 aromatic rings. The quantitative estimate of drug-likeness (QED) is 0.401. The molecule has 5 heterocycles. The lowest BCUT2D eigenvalue weighted by atomic mass is 10.0. The van der Waals surface area contributed by atoms with Gasteiger partial charge in [-0.2, -0.15) is 9.78 Å². The molecule has 34 heavy (non-hydrogen) atoms. The minimum absolute atomic E-state index is 0.103. The van der Waals surface area contributed by atoms with Gasteiger partial charge in [-0.25, -0.2) is 0 Å². The average Bonchev–Trinajstić information content (AvgIpc) is 3.47. The minimum Gasteiger partial charge on any atom is -0.491 e. The van der Waals surface area contributed by atoms with Crippen LogP contribution in [0, 0.1) is 18.3 Å². The van der Waals surface area contributed by atoms with Crippen LogP contribution in [0.15, 0.2) is 28.8 Å². The molecule has 0 N–H and O–H groups in total. The Balaban J connectivity index is 1.38. The molecule has 0 fully saturated rings. The van der Waals surface area contributed by atoms with E-state index in [1.165, 1.54) is 11.6 Å². The number of carbonyl (C=O) groups excluding carboxylic acids is 1. The number of nitriles is 1. The fourth-order valence-electron chi connectivity index (χ4n) is 3.74. The molecule has 0 saturated heterocycles. The summed E-state index contributed by atoms with van der Waals surface area (Å²) in [5.74, 6) is 1.57. The van der Waals surface area contributed by atoms with Crippen molar-refractivity contribution in [1.29, 1.82) is 5.26 Å². The van der Waals surface area contributed by atoms with E-state index >= 15 is 0 Å². The summed E-state index contributed by atoms with van der Waals surface area (Å²) in [6.45, 7) is 2.87. The largest absolute Gasteiger partial charge is 0.491 e. The van der Waals surface area contributed by atoms with E-state index in [-0.39, 0.29) is 18.4 Å². The van der Waals surface area contributed by atoms with Crippen LogP contribution in [0.5, 0.6) is 11.6 Å². The number of nitrogens with zero attached hydrogens (tertiary/aromatic N) is 8. The first-order chi connectivity index (χ1) is 16.6. The van der Waals surface area contributed by atoms with Crippen molar-refractivity contribution in [2.75, 3.05) is 20.2 Å². The van der Waals surface area contributed by atoms with E-state index in [1.54, 1.807) is 36.1 Å². The number of aryl methyl sites for hydroxylation is 1. The smallest absolute Gasteiger partial charge is 0.275 e. The number of aromatic nitrogens is 6. The maximum absolute atomic E-state index is 12.6. The third-order valence-electron chi connectivity index (χ3n) is 5.42. The van der Waals surface area contributed by atoms with Crippen LogP contribution in [0.1, 0.15) is 33.9 Å². The van der Waals surface area contributed by atoms with Crippen molar-refractivity contribution in [2.45, 2.75) is 26.4 Å². The molecule has 12 nitrogen and oxygen atoms in total. The van der Waals surface area contributed by atoms with Crippen molar-refractivity contribution in [3.8, 4) is 29.2 Å². The molecule has 1 amide bonds. The second-order valence-corrected chi connectivity index (χ2v) is 7.67. The maximum Gasteiger partial charge on any atom is 0.275 e. The molecule has 0 aliphatic carbocycles. The SMILES string of the molecule is COc1cc2nnc(-c3cc(C)on3)n2nc1OCc1ccc2c(n1)CCN(CCC#N)C2=O. The summed E-state index contributed by atoms with van der Waals surface area (Å²) in [5, 5.41) is 25.5. The summed E-state index contributed by atoms with van der Waals surface area (Å²) in [4.78, 5) is 18.9. The first-order valence-electron chi connectivity index (χ1n) is 10.6. The molecule has 0 unspecified atom stereocenters. The van der Waals surface area contributed by atoms with Gasteiger partial charge in [0, 0.05) is 31.6 Å². The number of methoxy groups -OCH3 is 1. The van der Waals surface area contributed by atoms with Gasteiger partial charge < -0.3 is 18.9 Å². The van der Waals surface area contributed by atoms with Crippen molar-refractivity contribution in [1.82, 2.24) is 34.9 Å². The van der Waals surface area contributed by atoms with Gasteiger partial charge in [-0.1, -0.05) is 5.16 Å². The maximum atomic E-state index is 12.6. The van der Waals surface area contributed by atoms with Crippen LogP contribution in [-0.2, 0) is 13.0 Å². The van der Waals surface area contributed by atoms with Crippen LogP contribution in [-0.4, -0.2) is 61.0 Å². The van der Waals surface area contributed by atoms with Crippen LogP contribution >= 0.6 is 0 Å². The highest BCUT2D eigenvalue weighted by Crippen LogP contribution is 2.28. The molecular weight excluding hydrogens is 440 g/mol. The van der Waals surface area contributed by atoms with Gasteiger partial charge in [-0.15, -0.1) is 15.3 Å². The highest BCUT2D eigenvalue weighted by Gasteiger charge is 2.25. The zero-order chi connectivity index (χ0) is 23.7. The van der Waals surface area contributed by atoms with Crippen LogP contribution in [0.4, 0.5) is 0 Å². The second kappa shape index (κ2) is 8.78. The van der Waals surface area contributed by atoms with Gasteiger partial charge in [0.2, 0.25) is 5.82 Å². The normalized spacial score (nSPS) is 13.1. The number of fused-ring (bicyclic) bond motifs is 2. The van der Waals surface area contributed by atoms with E-state index < -0.39 is 0 Å². The van der Waals surface area contributed by atoms with Crippen LogP contribution in [0.25, 0.3) is 17.2 Å². The molecule has 4 aromatic heterocycles. The van der Waals surface area contributed by atoms with E-state index in [2.05, 4.69) is 31.5 Å². The van der Waals surface area contributed by atoms with E-state index in [4.69, 9.17) is 19.3 Å². The Kier molecular flexibility index (Phi) is 5.51. The lowest BCUT2D eigenvalue weighted by molar-refractivity contribution is 0.0741. The van der Waals surface area contributed by atoms with Gasteiger partial charge in [0.15, 0.2) is 17.1 Å². The van der Waals surface area contributed by atoms with Gasteiger partial charge in [-0.3, -0.25) is 9.78 Å². The number of pyridine rings is 1.